The first kappa shape index (κ1) is 19.4. The third kappa shape index (κ3) is 4.31. The number of halogens is 4. The highest BCUT2D eigenvalue weighted by atomic mass is 19.4. The number of ether oxygens (including phenoxy) is 1. The van der Waals surface area contributed by atoms with Crippen LogP contribution >= 0.6 is 0 Å². The SMILES string of the molecule is Cc1cccc(F)c1C(=O)Nc1ccc(Oc2ccccc2C(F)(F)F)cc1. The summed E-state index contributed by atoms with van der Waals surface area (Å²) in [6, 6.07) is 14.9. The Morgan fingerprint density at radius 2 is 1.61 bits per heavy atom. The summed E-state index contributed by atoms with van der Waals surface area (Å²) in [5, 5.41) is 2.55. The number of hydrogen-bond acceptors (Lipinski definition) is 2. The summed E-state index contributed by atoms with van der Waals surface area (Å²) >= 11 is 0. The number of para-hydroxylation sites is 1. The largest absolute Gasteiger partial charge is 0.457 e. The third-order valence-electron chi connectivity index (χ3n) is 3.98. The number of nitrogens with one attached hydrogen (secondary N) is 1. The number of aryl methyl sites for hydroxylation is 1. The Bertz CT molecular complexity index is 978. The van der Waals surface area contributed by atoms with Gasteiger partial charge in [-0.15, -0.1) is 0 Å². The van der Waals surface area contributed by atoms with Crippen molar-refractivity contribution in [2.45, 2.75) is 13.1 Å². The Morgan fingerprint density at radius 3 is 2.25 bits per heavy atom. The van der Waals surface area contributed by atoms with Crippen LogP contribution in [0, 0.1) is 12.7 Å². The van der Waals surface area contributed by atoms with E-state index in [1.165, 1.54) is 54.6 Å². The molecule has 0 radical (unpaired) electrons. The first-order chi connectivity index (χ1) is 13.3. The van der Waals surface area contributed by atoms with Gasteiger partial charge in [0.15, 0.2) is 0 Å². The van der Waals surface area contributed by atoms with Gasteiger partial charge in [0.05, 0.1) is 11.1 Å². The number of anilines is 1. The van der Waals surface area contributed by atoms with Gasteiger partial charge in [-0.05, 0) is 55.0 Å². The van der Waals surface area contributed by atoms with Gasteiger partial charge in [-0.3, -0.25) is 4.79 Å². The van der Waals surface area contributed by atoms with E-state index in [0.717, 1.165) is 6.07 Å². The average molecular weight is 389 g/mol. The summed E-state index contributed by atoms with van der Waals surface area (Å²) in [5.74, 6) is -1.42. The topological polar surface area (TPSA) is 38.3 Å². The van der Waals surface area contributed by atoms with Crippen LogP contribution in [0.1, 0.15) is 21.5 Å². The predicted molar refractivity (Wildman–Crippen MR) is 97.1 cm³/mol. The van der Waals surface area contributed by atoms with Crippen molar-refractivity contribution in [1.29, 1.82) is 0 Å². The lowest BCUT2D eigenvalue weighted by molar-refractivity contribution is -0.138. The van der Waals surface area contributed by atoms with Crippen LogP contribution in [-0.4, -0.2) is 5.91 Å². The van der Waals surface area contributed by atoms with Crippen LogP contribution in [0.15, 0.2) is 66.7 Å². The van der Waals surface area contributed by atoms with E-state index in [9.17, 15) is 22.4 Å². The molecule has 0 saturated carbocycles. The highest BCUT2D eigenvalue weighted by Gasteiger charge is 2.34. The molecule has 0 atom stereocenters. The van der Waals surface area contributed by atoms with Crippen LogP contribution < -0.4 is 10.1 Å². The summed E-state index contributed by atoms with van der Waals surface area (Å²) in [5.41, 5.74) is -0.116. The van der Waals surface area contributed by atoms with Crippen LogP contribution in [-0.2, 0) is 6.18 Å². The molecule has 3 aromatic rings. The van der Waals surface area contributed by atoms with Gasteiger partial charge in [-0.1, -0.05) is 24.3 Å². The van der Waals surface area contributed by atoms with E-state index in [2.05, 4.69) is 5.32 Å². The zero-order valence-electron chi connectivity index (χ0n) is 14.7. The van der Waals surface area contributed by atoms with E-state index in [-0.39, 0.29) is 17.1 Å². The molecule has 3 rings (SSSR count). The molecular formula is C21H15F4NO2. The van der Waals surface area contributed by atoms with Crippen LogP contribution in [0.4, 0.5) is 23.2 Å². The van der Waals surface area contributed by atoms with Crippen LogP contribution in [0.2, 0.25) is 0 Å². The number of alkyl halides is 3. The number of hydrogen-bond donors (Lipinski definition) is 1. The Kier molecular flexibility index (Phi) is 5.35. The Labute approximate surface area is 158 Å². The molecule has 0 unspecified atom stereocenters. The van der Waals surface area contributed by atoms with Crippen molar-refractivity contribution in [1.82, 2.24) is 0 Å². The van der Waals surface area contributed by atoms with Gasteiger partial charge in [0.25, 0.3) is 5.91 Å². The summed E-state index contributed by atoms with van der Waals surface area (Å²) < 4.78 is 58.3. The molecule has 0 aliphatic heterocycles. The Hall–Kier alpha value is -3.35. The Morgan fingerprint density at radius 1 is 0.929 bits per heavy atom. The van der Waals surface area contributed by atoms with E-state index in [1.54, 1.807) is 13.0 Å². The highest BCUT2D eigenvalue weighted by molar-refractivity contribution is 6.05. The van der Waals surface area contributed by atoms with E-state index >= 15 is 0 Å². The fourth-order valence-corrected chi connectivity index (χ4v) is 2.64. The molecule has 1 N–H and O–H groups in total. The molecule has 3 aromatic carbocycles. The van der Waals surface area contributed by atoms with Crippen LogP contribution in [0.3, 0.4) is 0 Å². The molecule has 0 fully saturated rings. The number of amides is 1. The third-order valence-corrected chi connectivity index (χ3v) is 3.98. The Balaban J connectivity index is 1.76. The lowest BCUT2D eigenvalue weighted by Crippen LogP contribution is -2.15. The fourth-order valence-electron chi connectivity index (χ4n) is 2.64. The summed E-state index contributed by atoms with van der Waals surface area (Å²) in [7, 11) is 0. The van der Waals surface area contributed by atoms with Crippen molar-refractivity contribution in [2.24, 2.45) is 0 Å². The highest BCUT2D eigenvalue weighted by Crippen LogP contribution is 2.38. The molecule has 144 valence electrons. The minimum Gasteiger partial charge on any atom is -0.457 e. The summed E-state index contributed by atoms with van der Waals surface area (Å²) in [4.78, 5) is 12.3. The second-order valence-corrected chi connectivity index (χ2v) is 6.01. The average Bonchev–Trinajstić information content (AvgIpc) is 2.63. The van der Waals surface area contributed by atoms with Gasteiger partial charge < -0.3 is 10.1 Å². The van der Waals surface area contributed by atoms with Gasteiger partial charge in [0, 0.05) is 5.69 Å². The minimum atomic E-state index is -4.54. The zero-order chi connectivity index (χ0) is 20.3. The first-order valence-corrected chi connectivity index (χ1v) is 8.26. The number of benzene rings is 3. The second-order valence-electron chi connectivity index (χ2n) is 6.01. The smallest absolute Gasteiger partial charge is 0.419 e. The predicted octanol–water partition coefficient (Wildman–Crippen LogP) is 6.20. The number of carbonyl (C=O) groups is 1. The van der Waals surface area contributed by atoms with E-state index in [1.807, 2.05) is 0 Å². The molecule has 0 saturated heterocycles. The number of carbonyl (C=O) groups excluding carboxylic acids is 1. The van der Waals surface area contributed by atoms with E-state index in [4.69, 9.17) is 4.74 Å². The lowest BCUT2D eigenvalue weighted by Gasteiger charge is -2.14. The summed E-state index contributed by atoms with van der Waals surface area (Å²) in [6.45, 7) is 1.62. The van der Waals surface area contributed by atoms with Crippen LogP contribution in [0.5, 0.6) is 11.5 Å². The molecule has 3 nitrogen and oxygen atoms in total. The van der Waals surface area contributed by atoms with Gasteiger partial charge in [-0.25, -0.2) is 4.39 Å². The van der Waals surface area contributed by atoms with Crippen LogP contribution in [0.25, 0.3) is 0 Å². The minimum absolute atomic E-state index is 0.0677. The zero-order valence-corrected chi connectivity index (χ0v) is 14.7. The quantitative estimate of drug-likeness (QED) is 0.540. The standard InChI is InChI=1S/C21H15F4NO2/c1-13-5-4-7-17(22)19(13)20(27)26-14-9-11-15(12-10-14)28-18-8-3-2-6-16(18)21(23,24)25/h2-12H,1H3,(H,26,27). The van der Waals surface area contributed by atoms with Crippen molar-refractivity contribution in [3.63, 3.8) is 0 Å². The van der Waals surface area contributed by atoms with E-state index < -0.39 is 23.5 Å². The van der Waals surface area contributed by atoms with Gasteiger partial charge in [0.1, 0.15) is 17.3 Å². The molecule has 0 aliphatic rings. The molecule has 1 amide bonds. The van der Waals surface area contributed by atoms with Crippen molar-refractivity contribution in [3.8, 4) is 11.5 Å². The van der Waals surface area contributed by atoms with Crippen molar-refractivity contribution >= 4 is 11.6 Å². The molecular weight excluding hydrogens is 374 g/mol. The second kappa shape index (κ2) is 7.72. The summed E-state index contributed by atoms with van der Waals surface area (Å²) in [6.07, 6.45) is -4.54. The number of rotatable bonds is 4. The van der Waals surface area contributed by atoms with E-state index in [0.29, 0.717) is 11.3 Å². The molecule has 7 heteroatoms. The van der Waals surface area contributed by atoms with Gasteiger partial charge >= 0.3 is 6.18 Å². The molecule has 0 aliphatic carbocycles. The van der Waals surface area contributed by atoms with Gasteiger partial charge in [-0.2, -0.15) is 13.2 Å². The maximum atomic E-state index is 13.9. The lowest BCUT2D eigenvalue weighted by atomic mass is 10.1. The molecule has 0 aromatic heterocycles. The van der Waals surface area contributed by atoms with Crippen molar-refractivity contribution < 1.29 is 27.1 Å². The molecule has 0 bridgehead atoms. The molecule has 28 heavy (non-hydrogen) atoms. The van der Waals surface area contributed by atoms with Crippen molar-refractivity contribution in [2.75, 3.05) is 5.32 Å². The fraction of sp³-hybridized carbons (Fsp3) is 0.0952. The van der Waals surface area contributed by atoms with Crippen molar-refractivity contribution in [3.05, 3.63) is 89.2 Å². The maximum Gasteiger partial charge on any atom is 0.419 e. The molecule has 0 spiro atoms. The molecule has 0 heterocycles. The van der Waals surface area contributed by atoms with Gasteiger partial charge in [0.2, 0.25) is 0 Å². The normalized spacial score (nSPS) is 11.2. The monoisotopic (exact) mass is 389 g/mol. The first-order valence-electron chi connectivity index (χ1n) is 8.26. The maximum absolute atomic E-state index is 13.9.